The molecule has 1 aliphatic rings. The number of ketones is 1. The van der Waals surface area contributed by atoms with E-state index in [2.05, 4.69) is 5.32 Å². The van der Waals surface area contributed by atoms with Crippen molar-refractivity contribution in [3.05, 3.63) is 59.0 Å². The minimum Gasteiger partial charge on any atom is -0.465 e. The quantitative estimate of drug-likeness (QED) is 0.850. The predicted molar refractivity (Wildman–Crippen MR) is 81.3 cm³/mol. The van der Waals surface area contributed by atoms with Crippen molar-refractivity contribution >= 4 is 35.1 Å². The Morgan fingerprint density at radius 3 is 2.91 bits per heavy atom. The Labute approximate surface area is 131 Å². The topological polar surface area (TPSA) is 79.5 Å². The van der Waals surface area contributed by atoms with Gasteiger partial charge in [-0.05, 0) is 36.4 Å². The fourth-order valence-corrected chi connectivity index (χ4v) is 2.76. The average molecular weight is 318 g/mol. The van der Waals surface area contributed by atoms with E-state index in [1.807, 2.05) is 0 Å². The fourth-order valence-electron chi connectivity index (χ4n) is 2.43. The van der Waals surface area contributed by atoms with Crippen molar-refractivity contribution in [3.63, 3.8) is 0 Å². The number of aliphatic hydroxyl groups is 1. The standard InChI is InChI=1S/C16H12ClNO4/c17-12-4-1-5-13-14(12)16(21,15(20)18-13)9-10(19)6-7-11-3-2-8-22-11/h1-8,21H,9H2,(H,18,20)/b7-6+/t16-/m1/s1. The van der Waals surface area contributed by atoms with Gasteiger partial charge < -0.3 is 14.8 Å². The van der Waals surface area contributed by atoms with Crippen molar-refractivity contribution in [1.82, 2.24) is 0 Å². The van der Waals surface area contributed by atoms with E-state index < -0.39 is 23.7 Å². The van der Waals surface area contributed by atoms with Crippen LogP contribution in [0.5, 0.6) is 0 Å². The molecule has 1 atom stereocenters. The van der Waals surface area contributed by atoms with Gasteiger partial charge in [0.05, 0.1) is 12.7 Å². The Morgan fingerprint density at radius 1 is 1.36 bits per heavy atom. The van der Waals surface area contributed by atoms with Crippen molar-refractivity contribution < 1.29 is 19.1 Å². The first-order valence-electron chi connectivity index (χ1n) is 6.58. The molecule has 1 amide bonds. The summed E-state index contributed by atoms with van der Waals surface area (Å²) in [5.41, 5.74) is -1.30. The fraction of sp³-hybridized carbons (Fsp3) is 0.125. The zero-order chi connectivity index (χ0) is 15.7. The van der Waals surface area contributed by atoms with Gasteiger partial charge in [0.2, 0.25) is 0 Å². The summed E-state index contributed by atoms with van der Waals surface area (Å²) in [6.45, 7) is 0. The third-order valence-corrected chi connectivity index (χ3v) is 3.77. The maximum absolute atomic E-state index is 12.1. The number of hydrogen-bond acceptors (Lipinski definition) is 4. The Bertz CT molecular complexity index is 766. The van der Waals surface area contributed by atoms with Gasteiger partial charge in [-0.3, -0.25) is 9.59 Å². The van der Waals surface area contributed by atoms with Gasteiger partial charge in [-0.25, -0.2) is 0 Å². The summed E-state index contributed by atoms with van der Waals surface area (Å²) in [4.78, 5) is 24.1. The molecule has 5 nitrogen and oxygen atoms in total. The summed E-state index contributed by atoms with van der Waals surface area (Å²) < 4.78 is 5.07. The molecule has 1 aromatic carbocycles. The molecule has 0 radical (unpaired) electrons. The largest absolute Gasteiger partial charge is 0.465 e. The number of amides is 1. The molecule has 0 saturated carbocycles. The van der Waals surface area contributed by atoms with E-state index in [0.29, 0.717) is 11.4 Å². The number of furan rings is 1. The highest BCUT2D eigenvalue weighted by atomic mass is 35.5. The second kappa shape index (κ2) is 5.44. The van der Waals surface area contributed by atoms with E-state index in [1.165, 1.54) is 18.4 Å². The average Bonchev–Trinajstić information content (AvgIpc) is 3.05. The summed E-state index contributed by atoms with van der Waals surface area (Å²) in [7, 11) is 0. The van der Waals surface area contributed by atoms with Gasteiger partial charge >= 0.3 is 0 Å². The molecule has 0 spiro atoms. The molecule has 3 rings (SSSR count). The SMILES string of the molecule is O=C(/C=C/c1ccco1)C[C@]1(O)C(=O)Nc2cccc(Cl)c21. The lowest BCUT2D eigenvalue weighted by molar-refractivity contribution is -0.138. The van der Waals surface area contributed by atoms with Gasteiger partial charge in [0, 0.05) is 16.3 Å². The van der Waals surface area contributed by atoms with E-state index >= 15 is 0 Å². The van der Waals surface area contributed by atoms with Crippen LogP contribution in [0.2, 0.25) is 5.02 Å². The van der Waals surface area contributed by atoms with E-state index in [-0.39, 0.29) is 10.6 Å². The highest BCUT2D eigenvalue weighted by Gasteiger charge is 2.47. The molecule has 0 fully saturated rings. The number of halogens is 1. The van der Waals surface area contributed by atoms with E-state index in [0.717, 1.165) is 0 Å². The Kier molecular flexibility index (Phi) is 3.60. The smallest absolute Gasteiger partial charge is 0.261 e. The molecule has 1 aromatic heterocycles. The van der Waals surface area contributed by atoms with Crippen LogP contribution < -0.4 is 5.32 Å². The van der Waals surface area contributed by atoms with Gasteiger partial charge in [0.15, 0.2) is 11.4 Å². The lowest BCUT2D eigenvalue weighted by Crippen LogP contribution is -2.36. The number of hydrogen-bond donors (Lipinski definition) is 2. The number of fused-ring (bicyclic) bond motifs is 1. The van der Waals surface area contributed by atoms with Crippen LogP contribution in [0.4, 0.5) is 5.69 Å². The lowest BCUT2D eigenvalue weighted by Gasteiger charge is -2.20. The first-order chi connectivity index (χ1) is 10.5. The zero-order valence-electron chi connectivity index (χ0n) is 11.4. The van der Waals surface area contributed by atoms with Crippen molar-refractivity contribution in [3.8, 4) is 0 Å². The molecule has 0 aliphatic carbocycles. The second-order valence-corrected chi connectivity index (χ2v) is 5.38. The highest BCUT2D eigenvalue weighted by Crippen LogP contribution is 2.42. The highest BCUT2D eigenvalue weighted by molar-refractivity contribution is 6.33. The maximum atomic E-state index is 12.1. The van der Waals surface area contributed by atoms with E-state index in [4.69, 9.17) is 16.0 Å². The first kappa shape index (κ1) is 14.6. The van der Waals surface area contributed by atoms with Gasteiger partial charge in [0.1, 0.15) is 5.76 Å². The summed E-state index contributed by atoms with van der Waals surface area (Å²) in [6.07, 6.45) is 3.83. The van der Waals surface area contributed by atoms with Crippen LogP contribution in [0.1, 0.15) is 17.7 Å². The number of rotatable bonds is 4. The summed E-state index contributed by atoms with van der Waals surface area (Å²) >= 11 is 6.06. The molecule has 0 saturated heterocycles. The van der Waals surface area contributed by atoms with Gasteiger partial charge in [0.25, 0.3) is 5.91 Å². The number of anilines is 1. The van der Waals surface area contributed by atoms with Crippen LogP contribution in [0.3, 0.4) is 0 Å². The molecule has 0 unspecified atom stereocenters. The molecule has 2 N–H and O–H groups in total. The molecular formula is C16H12ClNO4. The van der Waals surface area contributed by atoms with Gasteiger partial charge in [-0.2, -0.15) is 0 Å². The molecule has 1 aliphatic heterocycles. The number of carbonyl (C=O) groups excluding carboxylic acids is 2. The lowest BCUT2D eigenvalue weighted by atomic mass is 9.89. The number of benzene rings is 1. The minimum atomic E-state index is -1.96. The van der Waals surface area contributed by atoms with Crippen LogP contribution in [-0.4, -0.2) is 16.8 Å². The van der Waals surface area contributed by atoms with Gasteiger partial charge in [-0.1, -0.05) is 17.7 Å². The Balaban J connectivity index is 1.86. The molecule has 0 bridgehead atoms. The van der Waals surface area contributed by atoms with Crippen molar-refractivity contribution in [2.45, 2.75) is 12.0 Å². The summed E-state index contributed by atoms with van der Waals surface area (Å²) in [6, 6.07) is 8.23. The van der Waals surface area contributed by atoms with E-state index in [9.17, 15) is 14.7 Å². The Morgan fingerprint density at radius 2 is 2.18 bits per heavy atom. The molecule has 112 valence electrons. The molecule has 2 heterocycles. The third-order valence-electron chi connectivity index (χ3n) is 3.46. The normalized spacial score (nSPS) is 20.2. The maximum Gasteiger partial charge on any atom is 0.261 e. The molecule has 2 aromatic rings. The zero-order valence-corrected chi connectivity index (χ0v) is 12.1. The predicted octanol–water partition coefficient (Wildman–Crippen LogP) is 2.75. The van der Waals surface area contributed by atoms with Crippen LogP contribution in [0.25, 0.3) is 6.08 Å². The van der Waals surface area contributed by atoms with Crippen LogP contribution in [0.15, 0.2) is 47.1 Å². The second-order valence-electron chi connectivity index (χ2n) is 4.97. The monoisotopic (exact) mass is 317 g/mol. The number of allylic oxidation sites excluding steroid dienone is 1. The summed E-state index contributed by atoms with van der Waals surface area (Å²) in [5, 5.41) is 13.4. The van der Waals surface area contributed by atoms with Crippen LogP contribution in [0, 0.1) is 0 Å². The molecule has 6 heteroatoms. The number of nitrogens with one attached hydrogen (secondary N) is 1. The Hall–Kier alpha value is -2.37. The van der Waals surface area contributed by atoms with Crippen LogP contribution >= 0.6 is 11.6 Å². The minimum absolute atomic E-state index is 0.237. The molecule has 22 heavy (non-hydrogen) atoms. The van der Waals surface area contributed by atoms with E-state index in [1.54, 1.807) is 30.3 Å². The van der Waals surface area contributed by atoms with Crippen molar-refractivity contribution in [2.24, 2.45) is 0 Å². The number of carbonyl (C=O) groups is 2. The summed E-state index contributed by atoms with van der Waals surface area (Å²) in [5.74, 6) is -0.563. The van der Waals surface area contributed by atoms with Crippen molar-refractivity contribution in [1.29, 1.82) is 0 Å². The van der Waals surface area contributed by atoms with Crippen molar-refractivity contribution in [2.75, 3.05) is 5.32 Å². The first-order valence-corrected chi connectivity index (χ1v) is 6.96. The third kappa shape index (κ3) is 2.45. The van der Waals surface area contributed by atoms with Crippen LogP contribution in [-0.2, 0) is 15.2 Å². The van der Waals surface area contributed by atoms with Gasteiger partial charge in [-0.15, -0.1) is 0 Å². The molecular weight excluding hydrogens is 306 g/mol.